The van der Waals surface area contributed by atoms with Gasteiger partial charge in [0, 0.05) is 7.05 Å². The molecule has 0 bridgehead atoms. The van der Waals surface area contributed by atoms with Crippen molar-refractivity contribution in [2.75, 3.05) is 7.05 Å². The molecule has 1 aromatic rings. The molecular formula is C12H15N3O. The van der Waals surface area contributed by atoms with Crippen LogP contribution in [0.3, 0.4) is 0 Å². The molecule has 0 aromatic heterocycles. The SMILES string of the molecule is Cc1ccc(C2C(N)=NC(=O)N2C)c(C)c1. The number of carbonyl (C=O) groups is 1. The monoisotopic (exact) mass is 217 g/mol. The molecule has 0 saturated heterocycles. The Labute approximate surface area is 94.8 Å². The first-order valence-corrected chi connectivity index (χ1v) is 5.18. The van der Waals surface area contributed by atoms with E-state index in [0.29, 0.717) is 5.84 Å². The van der Waals surface area contributed by atoms with Crippen LogP contribution in [0.25, 0.3) is 0 Å². The average molecular weight is 217 g/mol. The second-order valence-corrected chi connectivity index (χ2v) is 4.19. The summed E-state index contributed by atoms with van der Waals surface area (Å²) in [5.74, 6) is 0.374. The topological polar surface area (TPSA) is 58.7 Å². The van der Waals surface area contributed by atoms with Crippen LogP contribution in [0.2, 0.25) is 0 Å². The lowest BCUT2D eigenvalue weighted by atomic mass is 9.98. The number of hydrogen-bond acceptors (Lipinski definition) is 2. The van der Waals surface area contributed by atoms with E-state index < -0.39 is 0 Å². The normalized spacial score (nSPS) is 20.2. The fourth-order valence-electron chi connectivity index (χ4n) is 2.06. The minimum absolute atomic E-state index is 0.215. The first-order valence-electron chi connectivity index (χ1n) is 5.18. The molecule has 4 nitrogen and oxygen atoms in total. The smallest absolute Gasteiger partial charge is 0.345 e. The summed E-state index contributed by atoms with van der Waals surface area (Å²) in [4.78, 5) is 16.7. The number of nitrogens with zero attached hydrogens (tertiary/aromatic N) is 2. The standard InChI is InChI=1S/C12H15N3O/c1-7-4-5-9(8(2)6-7)10-11(13)14-12(16)15(10)3/h4-6,10H,1-3H3,(H2,13,14,16). The van der Waals surface area contributed by atoms with E-state index in [-0.39, 0.29) is 12.1 Å². The maximum Gasteiger partial charge on any atom is 0.345 e. The third-order valence-electron chi connectivity index (χ3n) is 2.91. The molecule has 2 rings (SSSR count). The van der Waals surface area contributed by atoms with Gasteiger partial charge in [0.15, 0.2) is 0 Å². The van der Waals surface area contributed by atoms with Crippen LogP contribution in [0.1, 0.15) is 22.7 Å². The van der Waals surface area contributed by atoms with Gasteiger partial charge in [-0.3, -0.25) is 0 Å². The molecule has 0 saturated carbocycles. The Bertz CT molecular complexity index is 479. The first kappa shape index (κ1) is 10.7. The molecule has 4 heteroatoms. The number of amides is 2. The fourth-order valence-corrected chi connectivity index (χ4v) is 2.06. The highest BCUT2D eigenvalue weighted by Crippen LogP contribution is 2.27. The van der Waals surface area contributed by atoms with Crippen LogP contribution in [0.4, 0.5) is 4.79 Å². The maximum absolute atomic E-state index is 11.4. The van der Waals surface area contributed by atoms with E-state index >= 15 is 0 Å². The summed E-state index contributed by atoms with van der Waals surface area (Å²) in [6.45, 7) is 4.06. The highest BCUT2D eigenvalue weighted by molar-refractivity contribution is 6.03. The number of aryl methyl sites for hydroxylation is 2. The highest BCUT2D eigenvalue weighted by atomic mass is 16.2. The first-order chi connectivity index (χ1) is 7.50. The molecule has 1 aliphatic rings. The minimum Gasteiger partial charge on any atom is -0.385 e. The van der Waals surface area contributed by atoms with E-state index in [2.05, 4.69) is 11.1 Å². The fraction of sp³-hybridized carbons (Fsp3) is 0.333. The number of carbonyl (C=O) groups excluding carboxylic acids is 1. The van der Waals surface area contributed by atoms with Gasteiger partial charge in [-0.05, 0) is 25.0 Å². The number of amidine groups is 1. The van der Waals surface area contributed by atoms with Gasteiger partial charge in [-0.1, -0.05) is 23.8 Å². The van der Waals surface area contributed by atoms with Crippen LogP contribution in [0, 0.1) is 13.8 Å². The molecule has 0 spiro atoms. The molecule has 0 radical (unpaired) electrons. The molecule has 0 aliphatic carbocycles. The Morgan fingerprint density at radius 2 is 2.06 bits per heavy atom. The number of hydrogen-bond donors (Lipinski definition) is 1. The van der Waals surface area contributed by atoms with Gasteiger partial charge < -0.3 is 10.6 Å². The predicted octanol–water partition coefficient (Wildman–Crippen LogP) is 1.77. The molecule has 2 amide bonds. The molecular weight excluding hydrogens is 202 g/mol. The predicted molar refractivity (Wildman–Crippen MR) is 63.4 cm³/mol. The van der Waals surface area contributed by atoms with Crippen molar-refractivity contribution in [1.82, 2.24) is 4.90 Å². The zero-order valence-corrected chi connectivity index (χ0v) is 9.69. The van der Waals surface area contributed by atoms with E-state index in [1.165, 1.54) is 5.56 Å². The van der Waals surface area contributed by atoms with E-state index in [1.54, 1.807) is 11.9 Å². The molecule has 0 fully saturated rings. The van der Waals surface area contributed by atoms with Crippen LogP contribution in [-0.2, 0) is 0 Å². The van der Waals surface area contributed by atoms with Gasteiger partial charge in [0.1, 0.15) is 11.9 Å². The lowest BCUT2D eigenvalue weighted by Crippen LogP contribution is -2.30. The second kappa shape index (κ2) is 3.63. The lowest BCUT2D eigenvalue weighted by Gasteiger charge is -2.21. The number of benzene rings is 1. The van der Waals surface area contributed by atoms with E-state index in [1.807, 2.05) is 26.0 Å². The number of rotatable bonds is 1. The van der Waals surface area contributed by atoms with E-state index in [9.17, 15) is 4.79 Å². The summed E-state index contributed by atoms with van der Waals surface area (Å²) in [6, 6.07) is 5.62. The Kier molecular flexibility index (Phi) is 2.42. The lowest BCUT2D eigenvalue weighted by molar-refractivity contribution is 0.218. The van der Waals surface area contributed by atoms with Crippen molar-refractivity contribution >= 4 is 11.9 Å². The zero-order valence-electron chi connectivity index (χ0n) is 9.69. The van der Waals surface area contributed by atoms with E-state index in [4.69, 9.17) is 5.73 Å². The van der Waals surface area contributed by atoms with Gasteiger partial charge in [-0.15, -0.1) is 0 Å². The third kappa shape index (κ3) is 1.56. The van der Waals surface area contributed by atoms with Crippen LogP contribution in [-0.4, -0.2) is 23.8 Å². The van der Waals surface area contributed by atoms with Crippen LogP contribution >= 0.6 is 0 Å². The van der Waals surface area contributed by atoms with Crippen molar-refractivity contribution in [3.05, 3.63) is 34.9 Å². The molecule has 1 atom stereocenters. The zero-order chi connectivity index (χ0) is 11.9. The van der Waals surface area contributed by atoms with Crippen molar-refractivity contribution in [2.24, 2.45) is 10.7 Å². The van der Waals surface area contributed by atoms with E-state index in [0.717, 1.165) is 11.1 Å². The van der Waals surface area contributed by atoms with Crippen molar-refractivity contribution in [1.29, 1.82) is 0 Å². The molecule has 1 heterocycles. The minimum atomic E-state index is -0.275. The molecule has 16 heavy (non-hydrogen) atoms. The highest BCUT2D eigenvalue weighted by Gasteiger charge is 2.32. The van der Waals surface area contributed by atoms with Gasteiger partial charge in [0.2, 0.25) is 0 Å². The number of nitrogens with two attached hydrogens (primary N) is 1. The summed E-state index contributed by atoms with van der Waals surface area (Å²) in [5, 5.41) is 0. The Morgan fingerprint density at radius 3 is 2.56 bits per heavy atom. The number of aliphatic imine (C=N–C) groups is 1. The molecule has 1 unspecified atom stereocenters. The van der Waals surface area contributed by atoms with Crippen molar-refractivity contribution in [3.8, 4) is 0 Å². The summed E-state index contributed by atoms with van der Waals surface area (Å²) in [6.07, 6.45) is 0. The summed E-state index contributed by atoms with van der Waals surface area (Å²) < 4.78 is 0. The average Bonchev–Trinajstić information content (AvgIpc) is 2.43. The molecule has 2 N–H and O–H groups in total. The Hall–Kier alpha value is -1.84. The van der Waals surface area contributed by atoms with Crippen molar-refractivity contribution < 1.29 is 4.79 Å². The van der Waals surface area contributed by atoms with Crippen LogP contribution < -0.4 is 5.73 Å². The molecule has 1 aromatic carbocycles. The number of urea groups is 1. The Morgan fingerprint density at radius 1 is 1.38 bits per heavy atom. The largest absolute Gasteiger partial charge is 0.385 e. The van der Waals surface area contributed by atoms with Gasteiger partial charge in [0.05, 0.1) is 0 Å². The molecule has 1 aliphatic heterocycles. The van der Waals surface area contributed by atoms with Gasteiger partial charge >= 0.3 is 6.03 Å². The summed E-state index contributed by atoms with van der Waals surface area (Å²) >= 11 is 0. The summed E-state index contributed by atoms with van der Waals surface area (Å²) in [5.41, 5.74) is 9.16. The van der Waals surface area contributed by atoms with Crippen LogP contribution in [0.5, 0.6) is 0 Å². The van der Waals surface area contributed by atoms with Crippen LogP contribution in [0.15, 0.2) is 23.2 Å². The third-order valence-corrected chi connectivity index (χ3v) is 2.91. The quantitative estimate of drug-likeness (QED) is 0.779. The van der Waals surface area contributed by atoms with Crippen molar-refractivity contribution in [2.45, 2.75) is 19.9 Å². The molecule has 84 valence electrons. The summed E-state index contributed by atoms with van der Waals surface area (Å²) in [7, 11) is 1.72. The van der Waals surface area contributed by atoms with Gasteiger partial charge in [0.25, 0.3) is 0 Å². The second-order valence-electron chi connectivity index (χ2n) is 4.19. The van der Waals surface area contributed by atoms with Crippen molar-refractivity contribution in [3.63, 3.8) is 0 Å². The number of likely N-dealkylation sites (N-methyl/N-ethyl adjacent to an activating group) is 1. The van der Waals surface area contributed by atoms with Gasteiger partial charge in [-0.25, -0.2) is 4.79 Å². The Balaban J connectivity index is 2.45. The van der Waals surface area contributed by atoms with Gasteiger partial charge in [-0.2, -0.15) is 4.99 Å². The maximum atomic E-state index is 11.4.